The lowest BCUT2D eigenvalue weighted by molar-refractivity contribution is -0.117. The second kappa shape index (κ2) is 8.24. The maximum Gasteiger partial charge on any atom is 0.262 e. The van der Waals surface area contributed by atoms with Crippen LogP contribution in [0.15, 0.2) is 72.3 Å². The quantitative estimate of drug-likeness (QED) is 0.525. The summed E-state index contributed by atoms with van der Waals surface area (Å²) in [6, 6.07) is 21.5. The van der Waals surface area contributed by atoms with Gasteiger partial charge in [-0.05, 0) is 29.8 Å². The summed E-state index contributed by atoms with van der Waals surface area (Å²) in [5.41, 5.74) is 1.48. The van der Waals surface area contributed by atoms with E-state index in [1.165, 1.54) is 23.5 Å². The first kappa shape index (κ1) is 17.6. The first-order valence-electron chi connectivity index (χ1n) is 7.96. The molecule has 128 valence electrons. The monoisotopic (exact) mass is 362 g/mol. The highest BCUT2D eigenvalue weighted by atomic mass is 32.1. The predicted molar refractivity (Wildman–Crippen MR) is 102 cm³/mol. The molecule has 2 aromatic carbocycles. The zero-order valence-electron chi connectivity index (χ0n) is 13.8. The maximum atomic E-state index is 13.9. The summed E-state index contributed by atoms with van der Waals surface area (Å²) in [5, 5.41) is 12.0. The minimum absolute atomic E-state index is 0.0165. The minimum Gasteiger partial charge on any atom is -0.347 e. The average Bonchev–Trinajstić information content (AvgIpc) is 3.13. The van der Waals surface area contributed by atoms with Crippen molar-refractivity contribution in [3.63, 3.8) is 0 Å². The van der Waals surface area contributed by atoms with Crippen LogP contribution in [0.25, 0.3) is 16.5 Å². The van der Waals surface area contributed by atoms with E-state index in [1.807, 2.05) is 36.4 Å². The van der Waals surface area contributed by atoms with Gasteiger partial charge >= 0.3 is 0 Å². The minimum atomic E-state index is -0.433. The second-order valence-corrected chi connectivity index (χ2v) is 6.64. The van der Waals surface area contributed by atoms with Gasteiger partial charge in [-0.25, -0.2) is 4.39 Å². The number of nitriles is 1. The SMILES string of the molecule is N#C/C(=C\c1ccc(-c2ccccc2F)s1)C(=O)NCc1ccccc1. The zero-order valence-corrected chi connectivity index (χ0v) is 14.6. The molecule has 0 fully saturated rings. The molecular formula is C21H15FN2OS. The Kier molecular flexibility index (Phi) is 5.57. The molecule has 0 saturated heterocycles. The molecule has 0 aliphatic rings. The van der Waals surface area contributed by atoms with Gasteiger partial charge < -0.3 is 5.32 Å². The Labute approximate surface area is 155 Å². The molecule has 3 rings (SSSR count). The summed E-state index contributed by atoms with van der Waals surface area (Å²) in [6.45, 7) is 0.351. The Bertz CT molecular complexity index is 987. The molecule has 0 spiro atoms. The van der Waals surface area contributed by atoms with E-state index in [-0.39, 0.29) is 11.4 Å². The second-order valence-electron chi connectivity index (χ2n) is 5.52. The predicted octanol–water partition coefficient (Wildman–Crippen LogP) is 4.78. The molecule has 0 aliphatic heterocycles. The number of rotatable bonds is 5. The Morgan fingerprint density at radius 2 is 1.81 bits per heavy atom. The smallest absolute Gasteiger partial charge is 0.262 e. The van der Waals surface area contributed by atoms with Gasteiger partial charge in [0.2, 0.25) is 0 Å². The molecule has 1 N–H and O–H groups in total. The van der Waals surface area contributed by atoms with Crippen LogP contribution in [-0.2, 0) is 11.3 Å². The van der Waals surface area contributed by atoms with Gasteiger partial charge in [-0.2, -0.15) is 5.26 Å². The van der Waals surface area contributed by atoms with Crippen molar-refractivity contribution >= 4 is 23.3 Å². The van der Waals surface area contributed by atoms with Crippen LogP contribution >= 0.6 is 11.3 Å². The average molecular weight is 362 g/mol. The highest BCUT2D eigenvalue weighted by molar-refractivity contribution is 7.16. The van der Waals surface area contributed by atoms with Crippen molar-refractivity contribution in [3.8, 4) is 16.5 Å². The zero-order chi connectivity index (χ0) is 18.4. The van der Waals surface area contributed by atoms with E-state index in [2.05, 4.69) is 5.32 Å². The summed E-state index contributed by atoms with van der Waals surface area (Å²) in [5.74, 6) is -0.733. The summed E-state index contributed by atoms with van der Waals surface area (Å²) >= 11 is 1.33. The van der Waals surface area contributed by atoms with Crippen LogP contribution in [0.3, 0.4) is 0 Å². The Hall–Kier alpha value is -3.23. The number of carbonyl (C=O) groups is 1. The molecule has 0 aliphatic carbocycles. The molecule has 3 nitrogen and oxygen atoms in total. The van der Waals surface area contributed by atoms with Gasteiger partial charge in [0, 0.05) is 21.9 Å². The molecule has 0 radical (unpaired) electrons. The van der Waals surface area contributed by atoms with Crippen molar-refractivity contribution < 1.29 is 9.18 Å². The van der Waals surface area contributed by atoms with E-state index in [4.69, 9.17) is 0 Å². The number of halogens is 1. The summed E-state index contributed by atoms with van der Waals surface area (Å²) < 4.78 is 13.9. The molecule has 1 amide bonds. The molecular weight excluding hydrogens is 347 g/mol. The fourth-order valence-corrected chi connectivity index (χ4v) is 3.38. The van der Waals surface area contributed by atoms with Gasteiger partial charge in [0.15, 0.2) is 0 Å². The van der Waals surface area contributed by atoms with E-state index in [0.717, 1.165) is 15.3 Å². The molecule has 1 heterocycles. The molecule has 26 heavy (non-hydrogen) atoms. The van der Waals surface area contributed by atoms with Gasteiger partial charge in [0.1, 0.15) is 17.5 Å². The van der Waals surface area contributed by atoms with E-state index in [9.17, 15) is 14.4 Å². The van der Waals surface area contributed by atoms with E-state index >= 15 is 0 Å². The number of hydrogen-bond donors (Lipinski definition) is 1. The third-order valence-corrected chi connectivity index (χ3v) is 4.78. The van der Waals surface area contributed by atoms with Crippen molar-refractivity contribution in [1.82, 2.24) is 5.32 Å². The van der Waals surface area contributed by atoms with Crippen LogP contribution in [0, 0.1) is 17.1 Å². The largest absolute Gasteiger partial charge is 0.347 e. The number of carbonyl (C=O) groups excluding carboxylic acids is 1. The Morgan fingerprint density at radius 3 is 2.54 bits per heavy atom. The fraction of sp³-hybridized carbons (Fsp3) is 0.0476. The van der Waals surface area contributed by atoms with Crippen LogP contribution in [-0.4, -0.2) is 5.91 Å². The number of benzene rings is 2. The molecule has 0 bridgehead atoms. The molecule has 0 saturated carbocycles. The standard InChI is InChI=1S/C21H15FN2OS/c22-19-9-5-4-8-18(19)20-11-10-17(26-20)12-16(13-23)21(25)24-14-15-6-2-1-3-7-15/h1-12H,14H2,(H,24,25)/b16-12+. The van der Waals surface area contributed by atoms with Gasteiger partial charge in [-0.15, -0.1) is 11.3 Å². The molecule has 0 atom stereocenters. The van der Waals surface area contributed by atoms with Crippen LogP contribution in [0.5, 0.6) is 0 Å². The van der Waals surface area contributed by atoms with Crippen molar-refractivity contribution in [3.05, 3.63) is 88.6 Å². The summed E-state index contributed by atoms with van der Waals surface area (Å²) in [4.78, 5) is 13.7. The van der Waals surface area contributed by atoms with Crippen molar-refractivity contribution in [1.29, 1.82) is 5.26 Å². The lowest BCUT2D eigenvalue weighted by Gasteiger charge is -2.04. The number of amides is 1. The van der Waals surface area contributed by atoms with Gasteiger partial charge in [0.05, 0.1) is 0 Å². The number of nitrogens with zero attached hydrogens (tertiary/aromatic N) is 1. The first-order valence-corrected chi connectivity index (χ1v) is 8.77. The van der Waals surface area contributed by atoms with Crippen molar-refractivity contribution in [2.45, 2.75) is 6.54 Å². The molecule has 3 aromatic rings. The normalized spacial score (nSPS) is 11.0. The van der Waals surface area contributed by atoms with E-state index in [1.54, 1.807) is 30.3 Å². The Balaban J connectivity index is 1.74. The summed E-state index contributed by atoms with van der Waals surface area (Å²) in [6.07, 6.45) is 1.52. The Morgan fingerprint density at radius 1 is 1.08 bits per heavy atom. The van der Waals surface area contributed by atoms with Gasteiger partial charge in [-0.1, -0.05) is 48.5 Å². The first-order chi connectivity index (χ1) is 12.7. The van der Waals surface area contributed by atoms with Crippen molar-refractivity contribution in [2.75, 3.05) is 0 Å². The maximum absolute atomic E-state index is 13.9. The number of thiophene rings is 1. The van der Waals surface area contributed by atoms with Gasteiger partial charge in [0.25, 0.3) is 5.91 Å². The topological polar surface area (TPSA) is 52.9 Å². The number of nitrogens with one attached hydrogen (secondary N) is 1. The number of hydrogen-bond acceptors (Lipinski definition) is 3. The van der Waals surface area contributed by atoms with E-state index in [0.29, 0.717) is 12.1 Å². The highest BCUT2D eigenvalue weighted by Crippen LogP contribution is 2.31. The van der Waals surface area contributed by atoms with Crippen LogP contribution < -0.4 is 5.32 Å². The third-order valence-electron chi connectivity index (χ3n) is 3.71. The van der Waals surface area contributed by atoms with Crippen molar-refractivity contribution in [2.24, 2.45) is 0 Å². The lowest BCUT2D eigenvalue weighted by atomic mass is 10.2. The van der Waals surface area contributed by atoms with Crippen LogP contribution in [0.4, 0.5) is 4.39 Å². The molecule has 1 aromatic heterocycles. The highest BCUT2D eigenvalue weighted by Gasteiger charge is 2.11. The lowest BCUT2D eigenvalue weighted by Crippen LogP contribution is -2.23. The third kappa shape index (κ3) is 4.24. The molecule has 5 heteroatoms. The van der Waals surface area contributed by atoms with Gasteiger partial charge in [-0.3, -0.25) is 4.79 Å². The summed E-state index contributed by atoms with van der Waals surface area (Å²) in [7, 11) is 0. The van der Waals surface area contributed by atoms with E-state index < -0.39 is 5.91 Å². The molecule has 0 unspecified atom stereocenters. The van der Waals surface area contributed by atoms with Crippen LogP contribution in [0.1, 0.15) is 10.4 Å². The fourth-order valence-electron chi connectivity index (χ4n) is 2.40. The van der Waals surface area contributed by atoms with Crippen LogP contribution in [0.2, 0.25) is 0 Å².